The second-order valence-electron chi connectivity index (χ2n) is 7.80. The van der Waals surface area contributed by atoms with Crippen LogP contribution in [0.1, 0.15) is 16.0 Å². The van der Waals surface area contributed by atoms with E-state index in [1.54, 1.807) is 30.5 Å². The van der Waals surface area contributed by atoms with Crippen LogP contribution in [0.25, 0.3) is 6.08 Å². The zero-order valence-corrected chi connectivity index (χ0v) is 20.2. The topological polar surface area (TPSA) is 84.0 Å². The van der Waals surface area contributed by atoms with Gasteiger partial charge in [0.1, 0.15) is 0 Å². The Kier molecular flexibility index (Phi) is 7.14. The van der Waals surface area contributed by atoms with Crippen LogP contribution in [0.15, 0.2) is 77.0 Å². The van der Waals surface area contributed by atoms with Gasteiger partial charge < -0.3 is 9.64 Å². The number of esters is 1. The first kappa shape index (κ1) is 23.7. The first-order chi connectivity index (χ1) is 16.3. The quantitative estimate of drug-likeness (QED) is 0.351. The molecule has 0 aliphatic carbocycles. The van der Waals surface area contributed by atoms with Gasteiger partial charge in [-0.1, -0.05) is 36.4 Å². The van der Waals surface area contributed by atoms with Crippen molar-refractivity contribution in [1.82, 2.24) is 4.90 Å². The number of hydrogen-bond donors (Lipinski definition) is 0. The number of anilines is 1. The van der Waals surface area contributed by atoms with Crippen molar-refractivity contribution in [2.45, 2.75) is 17.9 Å². The Hall–Kier alpha value is -3.43. The van der Waals surface area contributed by atoms with Crippen molar-refractivity contribution in [2.24, 2.45) is 0 Å². The van der Waals surface area contributed by atoms with Gasteiger partial charge in [-0.2, -0.15) is 0 Å². The number of carbonyl (C=O) groups excluding carboxylic acids is 2. The number of carbonyl (C=O) groups is 2. The van der Waals surface area contributed by atoms with E-state index in [2.05, 4.69) is 0 Å². The third kappa shape index (κ3) is 5.37. The van der Waals surface area contributed by atoms with Crippen molar-refractivity contribution >= 4 is 45.0 Å². The fourth-order valence-electron chi connectivity index (χ4n) is 3.62. The fraction of sp³-hybridized carbons (Fsp3) is 0.200. The van der Waals surface area contributed by atoms with E-state index in [0.29, 0.717) is 30.8 Å². The molecular weight excluding hydrogens is 472 g/mol. The molecule has 2 aromatic carbocycles. The molecule has 7 nitrogen and oxygen atoms in total. The Morgan fingerprint density at radius 2 is 1.85 bits per heavy atom. The van der Waals surface area contributed by atoms with Gasteiger partial charge in [0, 0.05) is 24.5 Å². The third-order valence-electron chi connectivity index (χ3n) is 5.46. The van der Waals surface area contributed by atoms with Gasteiger partial charge in [-0.3, -0.25) is 9.10 Å². The molecule has 1 aromatic heterocycles. The van der Waals surface area contributed by atoms with Crippen molar-refractivity contribution in [3.63, 3.8) is 0 Å². The van der Waals surface area contributed by atoms with Crippen LogP contribution in [0.2, 0.25) is 0 Å². The number of rotatable bonds is 8. The molecule has 0 radical (unpaired) electrons. The molecule has 34 heavy (non-hydrogen) atoms. The largest absolute Gasteiger partial charge is 0.452 e. The average Bonchev–Trinajstić information content (AvgIpc) is 3.51. The lowest BCUT2D eigenvalue weighted by Gasteiger charge is -2.19. The maximum Gasteiger partial charge on any atom is 0.331 e. The summed E-state index contributed by atoms with van der Waals surface area (Å²) in [5.41, 5.74) is 2.36. The maximum atomic E-state index is 13.1. The van der Waals surface area contributed by atoms with Crippen LogP contribution in [0.5, 0.6) is 0 Å². The zero-order chi connectivity index (χ0) is 24.1. The van der Waals surface area contributed by atoms with Gasteiger partial charge in [0.15, 0.2) is 6.61 Å². The first-order valence-electron chi connectivity index (χ1n) is 10.7. The molecule has 1 aliphatic rings. The summed E-state index contributed by atoms with van der Waals surface area (Å²) >= 11 is 1.55. The summed E-state index contributed by atoms with van der Waals surface area (Å²) in [6.07, 6.45) is 3.42. The van der Waals surface area contributed by atoms with E-state index < -0.39 is 16.0 Å². The molecule has 0 saturated carbocycles. The average molecular weight is 497 g/mol. The van der Waals surface area contributed by atoms with Gasteiger partial charge in [0.2, 0.25) is 0 Å². The van der Waals surface area contributed by atoms with Gasteiger partial charge in [0.25, 0.3) is 15.9 Å². The first-order valence-corrected chi connectivity index (χ1v) is 13.0. The van der Waals surface area contributed by atoms with Gasteiger partial charge in [-0.25, -0.2) is 13.2 Å². The van der Waals surface area contributed by atoms with Crippen LogP contribution in [-0.4, -0.2) is 45.4 Å². The number of likely N-dealkylation sites (N-methyl/N-ethyl adjacent to an activating group) is 1. The highest BCUT2D eigenvalue weighted by Crippen LogP contribution is 2.32. The minimum atomic E-state index is -3.67. The number of amides is 1. The summed E-state index contributed by atoms with van der Waals surface area (Å²) < 4.78 is 32.6. The second kappa shape index (κ2) is 10.2. The number of sulfonamides is 1. The molecule has 9 heteroatoms. The molecule has 2 heterocycles. The molecule has 0 spiro atoms. The summed E-state index contributed by atoms with van der Waals surface area (Å²) in [5, 5.41) is 1.94. The molecule has 0 bridgehead atoms. The Morgan fingerprint density at radius 1 is 1.09 bits per heavy atom. The van der Waals surface area contributed by atoms with Crippen LogP contribution in [0.3, 0.4) is 0 Å². The molecule has 3 aromatic rings. The van der Waals surface area contributed by atoms with Gasteiger partial charge in [-0.05, 0) is 53.3 Å². The lowest BCUT2D eigenvalue weighted by molar-refractivity contribution is -0.147. The predicted molar refractivity (Wildman–Crippen MR) is 132 cm³/mol. The number of nitrogens with zero attached hydrogens (tertiary/aromatic N) is 2. The Bertz CT molecular complexity index is 1300. The van der Waals surface area contributed by atoms with Crippen LogP contribution in [-0.2, 0) is 37.3 Å². The van der Waals surface area contributed by atoms with E-state index >= 15 is 0 Å². The van der Waals surface area contributed by atoms with Crippen LogP contribution >= 0.6 is 11.3 Å². The Balaban J connectivity index is 1.32. The normalized spacial score (nSPS) is 13.1. The molecule has 0 fully saturated rings. The van der Waals surface area contributed by atoms with Crippen molar-refractivity contribution in [3.05, 3.63) is 88.1 Å². The van der Waals surface area contributed by atoms with Crippen molar-refractivity contribution < 1.29 is 22.7 Å². The predicted octanol–water partition coefficient (Wildman–Crippen LogP) is 3.71. The molecule has 1 amide bonds. The number of ether oxygens (including phenoxy) is 1. The maximum absolute atomic E-state index is 13.1. The molecule has 1 aliphatic heterocycles. The Morgan fingerprint density at radius 3 is 2.59 bits per heavy atom. The summed E-state index contributed by atoms with van der Waals surface area (Å²) in [4.78, 5) is 26.9. The van der Waals surface area contributed by atoms with Crippen LogP contribution in [0.4, 0.5) is 5.69 Å². The summed E-state index contributed by atoms with van der Waals surface area (Å²) in [7, 11) is -2.01. The molecule has 0 unspecified atom stereocenters. The monoisotopic (exact) mass is 496 g/mol. The number of thiophene rings is 1. The van der Waals surface area contributed by atoms with E-state index in [4.69, 9.17) is 4.74 Å². The van der Waals surface area contributed by atoms with Crippen molar-refractivity contribution in [2.75, 3.05) is 24.5 Å². The van der Waals surface area contributed by atoms with Crippen LogP contribution in [0, 0.1) is 0 Å². The van der Waals surface area contributed by atoms with E-state index in [1.165, 1.54) is 33.5 Å². The number of para-hydroxylation sites is 1. The van der Waals surface area contributed by atoms with E-state index in [9.17, 15) is 18.0 Å². The summed E-state index contributed by atoms with van der Waals surface area (Å²) in [6.45, 7) is 0.526. The fourth-order valence-corrected chi connectivity index (χ4v) is 5.88. The number of benzene rings is 2. The van der Waals surface area contributed by atoms with E-state index in [-0.39, 0.29) is 17.4 Å². The lowest BCUT2D eigenvalue weighted by Crippen LogP contribution is -2.30. The third-order valence-corrected chi connectivity index (χ3v) is 8.15. The minimum absolute atomic E-state index is 0.184. The second-order valence-corrected chi connectivity index (χ2v) is 10.7. The van der Waals surface area contributed by atoms with Gasteiger partial charge in [-0.15, -0.1) is 11.3 Å². The highest BCUT2D eigenvalue weighted by Gasteiger charge is 2.30. The molecule has 0 saturated heterocycles. The van der Waals surface area contributed by atoms with Crippen molar-refractivity contribution in [1.29, 1.82) is 0 Å². The van der Waals surface area contributed by atoms with Gasteiger partial charge in [0.05, 0.1) is 17.1 Å². The van der Waals surface area contributed by atoms with E-state index in [1.807, 2.05) is 41.8 Å². The van der Waals surface area contributed by atoms with Crippen LogP contribution < -0.4 is 4.31 Å². The highest BCUT2D eigenvalue weighted by molar-refractivity contribution is 7.92. The van der Waals surface area contributed by atoms with Crippen molar-refractivity contribution in [3.8, 4) is 0 Å². The number of hydrogen-bond acceptors (Lipinski definition) is 6. The minimum Gasteiger partial charge on any atom is -0.452 e. The lowest BCUT2D eigenvalue weighted by atomic mass is 10.2. The summed E-state index contributed by atoms with van der Waals surface area (Å²) in [6, 6.07) is 17.6. The molecule has 0 N–H and O–H groups in total. The molecule has 176 valence electrons. The standard InChI is InChI=1S/C25H24N2O5S2/c1-26(17-21-6-4-16-33-21)24(28)18-32-25(29)13-10-19-8-11-22(12-9-19)34(30,31)27-15-14-20-5-2-3-7-23(20)27/h2-13,16H,14-15,17-18H2,1H3/b13-10+. The van der Waals surface area contributed by atoms with Gasteiger partial charge >= 0.3 is 5.97 Å². The summed E-state index contributed by atoms with van der Waals surface area (Å²) in [5.74, 6) is -0.948. The van der Waals surface area contributed by atoms with E-state index in [0.717, 1.165) is 10.4 Å². The smallest absolute Gasteiger partial charge is 0.331 e. The number of fused-ring (bicyclic) bond motifs is 1. The zero-order valence-electron chi connectivity index (χ0n) is 18.6. The molecule has 4 rings (SSSR count). The highest BCUT2D eigenvalue weighted by atomic mass is 32.2. The SMILES string of the molecule is CN(Cc1cccs1)C(=O)COC(=O)/C=C/c1ccc(S(=O)(=O)N2CCc3ccccc32)cc1. The Labute approximate surface area is 202 Å². The molecular formula is C25H24N2O5S2. The molecule has 0 atom stereocenters.